The van der Waals surface area contributed by atoms with E-state index in [2.05, 4.69) is 51.4 Å². The molecule has 0 heterocycles. The standard InChI is InChI=1S/C24H31OPS2Si2/c1-29(2,3)21-16-10-14-19(23(21)27)26(25,18-12-8-7-9-13-18)20-15-11-17-22(24(20)28)30(4,5)6/h7-17,27-28H,1-6H3. The first-order valence-electron chi connectivity index (χ1n) is 10.2. The lowest BCUT2D eigenvalue weighted by Gasteiger charge is -2.28. The zero-order valence-corrected chi connectivity index (χ0v) is 23.3. The first kappa shape index (κ1) is 23.7. The Hall–Kier alpha value is -0.976. The van der Waals surface area contributed by atoms with E-state index in [1.165, 1.54) is 10.4 Å². The molecule has 3 rings (SSSR count). The van der Waals surface area contributed by atoms with Crippen molar-refractivity contribution in [1.82, 2.24) is 0 Å². The van der Waals surface area contributed by atoms with E-state index < -0.39 is 23.3 Å². The second-order valence-corrected chi connectivity index (χ2v) is 23.5. The lowest BCUT2D eigenvalue weighted by Crippen LogP contribution is -2.43. The molecular weight excluding hydrogens is 456 g/mol. The molecule has 0 atom stereocenters. The van der Waals surface area contributed by atoms with E-state index in [9.17, 15) is 0 Å². The predicted molar refractivity (Wildman–Crippen MR) is 146 cm³/mol. The van der Waals surface area contributed by atoms with Gasteiger partial charge in [0.25, 0.3) is 0 Å². The second-order valence-electron chi connectivity index (χ2n) is 9.79. The molecule has 6 heteroatoms. The normalized spacial score (nSPS) is 12.8. The molecule has 158 valence electrons. The van der Waals surface area contributed by atoms with Gasteiger partial charge in [0, 0.05) is 25.7 Å². The van der Waals surface area contributed by atoms with Crippen molar-refractivity contribution < 1.29 is 4.57 Å². The van der Waals surface area contributed by atoms with Gasteiger partial charge in [-0.25, -0.2) is 0 Å². The lowest BCUT2D eigenvalue weighted by atomic mass is 10.3. The summed E-state index contributed by atoms with van der Waals surface area (Å²) in [6, 6.07) is 22.2. The van der Waals surface area contributed by atoms with E-state index in [0.29, 0.717) is 0 Å². The van der Waals surface area contributed by atoms with Crippen LogP contribution in [0.25, 0.3) is 0 Å². The average molecular weight is 487 g/mol. The van der Waals surface area contributed by atoms with Crippen molar-refractivity contribution in [2.75, 3.05) is 0 Å². The van der Waals surface area contributed by atoms with Crippen molar-refractivity contribution >= 4 is 74.8 Å². The average Bonchev–Trinajstić information content (AvgIpc) is 2.66. The quantitative estimate of drug-likeness (QED) is 0.295. The molecule has 0 aliphatic carbocycles. The molecule has 0 aromatic heterocycles. The lowest BCUT2D eigenvalue weighted by molar-refractivity contribution is 0.592. The topological polar surface area (TPSA) is 17.1 Å². The summed E-state index contributed by atoms with van der Waals surface area (Å²) < 4.78 is 15.2. The van der Waals surface area contributed by atoms with Crippen molar-refractivity contribution in [3.05, 3.63) is 66.7 Å². The third-order valence-electron chi connectivity index (χ3n) is 5.44. The third kappa shape index (κ3) is 4.33. The summed E-state index contributed by atoms with van der Waals surface area (Å²) in [5.74, 6) is 0. The molecule has 0 spiro atoms. The molecule has 0 aliphatic rings. The van der Waals surface area contributed by atoms with Crippen molar-refractivity contribution in [2.45, 2.75) is 49.1 Å². The van der Waals surface area contributed by atoms with Crippen LogP contribution < -0.4 is 26.3 Å². The minimum Gasteiger partial charge on any atom is -0.309 e. The Morgan fingerprint density at radius 3 is 1.37 bits per heavy atom. The molecule has 0 N–H and O–H groups in total. The van der Waals surface area contributed by atoms with Crippen LogP contribution in [0.1, 0.15) is 0 Å². The fourth-order valence-corrected chi connectivity index (χ4v) is 12.9. The second kappa shape index (κ2) is 8.52. The fourth-order valence-electron chi connectivity index (χ4n) is 3.83. The van der Waals surface area contributed by atoms with Crippen LogP contribution in [-0.4, -0.2) is 16.1 Å². The van der Waals surface area contributed by atoms with Crippen molar-refractivity contribution in [2.24, 2.45) is 0 Å². The number of hydrogen-bond donors (Lipinski definition) is 2. The summed E-state index contributed by atoms with van der Waals surface area (Å²) in [6.07, 6.45) is 0. The maximum atomic E-state index is 15.2. The summed E-state index contributed by atoms with van der Waals surface area (Å²) >= 11 is 9.92. The maximum Gasteiger partial charge on any atom is 0.173 e. The molecule has 0 amide bonds. The van der Waals surface area contributed by atoms with Crippen LogP contribution in [0.5, 0.6) is 0 Å². The van der Waals surface area contributed by atoms with Crippen LogP contribution >= 0.6 is 32.4 Å². The monoisotopic (exact) mass is 486 g/mol. The van der Waals surface area contributed by atoms with E-state index in [4.69, 9.17) is 25.3 Å². The van der Waals surface area contributed by atoms with Gasteiger partial charge in [0.2, 0.25) is 0 Å². The Kier molecular flexibility index (Phi) is 6.72. The van der Waals surface area contributed by atoms with Gasteiger partial charge in [0.15, 0.2) is 7.14 Å². The van der Waals surface area contributed by atoms with E-state index in [1.54, 1.807) is 0 Å². The molecule has 1 nitrogen and oxygen atoms in total. The van der Waals surface area contributed by atoms with Gasteiger partial charge in [-0.1, -0.05) is 93.9 Å². The predicted octanol–water partition coefficient (Wildman–Crippen LogP) is 4.99. The van der Waals surface area contributed by atoms with Gasteiger partial charge >= 0.3 is 0 Å². The Morgan fingerprint density at radius 2 is 1.00 bits per heavy atom. The number of hydrogen-bond acceptors (Lipinski definition) is 3. The van der Waals surface area contributed by atoms with Crippen LogP contribution in [-0.2, 0) is 4.57 Å². The highest BCUT2D eigenvalue weighted by molar-refractivity contribution is 7.89. The Bertz CT molecular complexity index is 1050. The SMILES string of the molecule is C[Si](C)(C)c1cccc(P(=O)(c2ccccc2)c2cccc([Si](C)(C)C)c2S)c1S. The molecule has 0 saturated carbocycles. The van der Waals surface area contributed by atoms with E-state index >= 15 is 4.57 Å². The number of thiol groups is 2. The molecule has 3 aromatic rings. The third-order valence-corrected chi connectivity index (χ3v) is 14.4. The molecule has 0 aliphatic heterocycles. The molecule has 0 unspecified atom stereocenters. The van der Waals surface area contributed by atoms with Gasteiger partial charge in [-0.2, -0.15) is 0 Å². The van der Waals surface area contributed by atoms with Crippen LogP contribution in [0.3, 0.4) is 0 Å². The summed E-state index contributed by atoms with van der Waals surface area (Å²) in [5.41, 5.74) is 0. The van der Waals surface area contributed by atoms with Crippen LogP contribution in [0, 0.1) is 0 Å². The van der Waals surface area contributed by atoms with Gasteiger partial charge in [0.1, 0.15) is 0 Å². The van der Waals surface area contributed by atoms with Crippen molar-refractivity contribution in [3.63, 3.8) is 0 Å². The van der Waals surface area contributed by atoms with E-state index in [-0.39, 0.29) is 0 Å². The number of rotatable bonds is 5. The van der Waals surface area contributed by atoms with E-state index in [1.807, 2.05) is 54.6 Å². The molecule has 3 aromatic carbocycles. The first-order chi connectivity index (χ1) is 13.9. The van der Waals surface area contributed by atoms with Gasteiger partial charge in [0.05, 0.1) is 16.1 Å². The summed E-state index contributed by atoms with van der Waals surface area (Å²) in [7, 11) is -6.46. The van der Waals surface area contributed by atoms with Crippen LogP contribution in [0.2, 0.25) is 39.3 Å². The minimum atomic E-state index is -3.15. The van der Waals surface area contributed by atoms with Gasteiger partial charge in [-0.3, -0.25) is 0 Å². The van der Waals surface area contributed by atoms with Gasteiger partial charge < -0.3 is 4.57 Å². The first-order valence-corrected chi connectivity index (χ1v) is 19.8. The maximum absolute atomic E-state index is 15.2. The van der Waals surface area contributed by atoms with Crippen molar-refractivity contribution in [3.8, 4) is 0 Å². The zero-order chi connectivity index (χ0) is 22.3. The number of benzene rings is 3. The largest absolute Gasteiger partial charge is 0.309 e. The smallest absolute Gasteiger partial charge is 0.173 e. The zero-order valence-electron chi connectivity index (χ0n) is 18.6. The summed E-state index contributed by atoms with van der Waals surface area (Å²) in [4.78, 5) is 1.74. The molecule has 0 fully saturated rings. The molecule has 30 heavy (non-hydrogen) atoms. The highest BCUT2D eigenvalue weighted by Crippen LogP contribution is 2.45. The Labute approximate surface area is 194 Å². The van der Waals surface area contributed by atoms with Crippen LogP contribution in [0.15, 0.2) is 76.5 Å². The van der Waals surface area contributed by atoms with Gasteiger partial charge in [-0.05, 0) is 22.5 Å². The molecule has 0 bridgehead atoms. The highest BCUT2D eigenvalue weighted by atomic mass is 32.1. The summed E-state index contributed by atoms with van der Waals surface area (Å²) in [5, 5.41) is 4.94. The van der Waals surface area contributed by atoms with E-state index in [0.717, 1.165) is 25.7 Å². The fraction of sp³-hybridized carbons (Fsp3) is 0.250. The molecule has 0 radical (unpaired) electrons. The van der Waals surface area contributed by atoms with Crippen molar-refractivity contribution in [1.29, 1.82) is 0 Å². The van der Waals surface area contributed by atoms with Crippen LogP contribution in [0.4, 0.5) is 0 Å². The highest BCUT2D eigenvalue weighted by Gasteiger charge is 2.36. The summed E-state index contributed by atoms with van der Waals surface area (Å²) in [6.45, 7) is 13.8. The Morgan fingerprint density at radius 1 is 0.600 bits per heavy atom. The Balaban J connectivity index is 2.43. The minimum absolute atomic E-state index is 0.819. The molecule has 0 saturated heterocycles. The van der Waals surface area contributed by atoms with Gasteiger partial charge in [-0.15, -0.1) is 25.3 Å². The molecular formula is C24H31OPS2Si2.